The van der Waals surface area contributed by atoms with Gasteiger partial charge in [-0.2, -0.15) is 0 Å². The van der Waals surface area contributed by atoms with Crippen molar-refractivity contribution in [1.82, 2.24) is 0 Å². The topological polar surface area (TPSA) is 27.7 Å². The lowest BCUT2D eigenvalue weighted by Crippen LogP contribution is -1.97. The maximum Gasteiger partial charge on any atom is 0.172 e. The second-order valence-corrected chi connectivity index (χ2v) is 3.89. The van der Waals surface area contributed by atoms with Crippen LogP contribution in [0.25, 0.3) is 0 Å². The summed E-state index contributed by atoms with van der Waals surface area (Å²) in [5.41, 5.74) is 0. The molecule has 0 bridgehead atoms. The van der Waals surface area contributed by atoms with E-state index in [-0.39, 0.29) is 0 Å². The van der Waals surface area contributed by atoms with Crippen molar-refractivity contribution in [2.24, 2.45) is 0 Å². The van der Waals surface area contributed by atoms with E-state index in [9.17, 15) is 0 Å². The van der Waals surface area contributed by atoms with Gasteiger partial charge in [-0.05, 0) is 38.1 Å². The second-order valence-electron chi connectivity index (χ2n) is 3.89. The van der Waals surface area contributed by atoms with Gasteiger partial charge in [-0.15, -0.1) is 0 Å². The fraction of sp³-hybridized carbons (Fsp3) is 0.250. The molecular formula is C16H18O3. The highest BCUT2D eigenvalue weighted by Gasteiger charge is 2.08. The van der Waals surface area contributed by atoms with Gasteiger partial charge in [0.2, 0.25) is 0 Å². The normalized spacial score (nSPS) is 10.0. The van der Waals surface area contributed by atoms with Crippen molar-refractivity contribution in [2.45, 2.75) is 13.8 Å². The molecule has 19 heavy (non-hydrogen) atoms. The lowest BCUT2D eigenvalue weighted by molar-refractivity contribution is 0.314. The Morgan fingerprint density at radius 2 is 1.47 bits per heavy atom. The molecule has 0 saturated carbocycles. The lowest BCUT2D eigenvalue weighted by Gasteiger charge is -2.13. The summed E-state index contributed by atoms with van der Waals surface area (Å²) >= 11 is 0. The van der Waals surface area contributed by atoms with Gasteiger partial charge in [-0.3, -0.25) is 0 Å². The molecule has 2 aromatic rings. The molecule has 0 spiro atoms. The number of benzene rings is 2. The van der Waals surface area contributed by atoms with Gasteiger partial charge in [0.15, 0.2) is 11.5 Å². The van der Waals surface area contributed by atoms with Crippen molar-refractivity contribution in [3.8, 4) is 23.0 Å². The molecule has 2 aromatic carbocycles. The maximum atomic E-state index is 5.84. The van der Waals surface area contributed by atoms with E-state index in [1.165, 1.54) is 0 Å². The van der Waals surface area contributed by atoms with Gasteiger partial charge in [0.1, 0.15) is 11.5 Å². The lowest BCUT2D eigenvalue weighted by atomic mass is 10.3. The highest BCUT2D eigenvalue weighted by molar-refractivity contribution is 5.47. The first-order chi connectivity index (χ1) is 9.33. The highest BCUT2D eigenvalue weighted by Crippen LogP contribution is 2.35. The van der Waals surface area contributed by atoms with E-state index >= 15 is 0 Å². The van der Waals surface area contributed by atoms with E-state index in [0.717, 1.165) is 17.2 Å². The molecule has 0 N–H and O–H groups in total. The Bertz CT molecular complexity index is 509. The van der Waals surface area contributed by atoms with Crippen LogP contribution >= 0.6 is 0 Å². The number of hydrogen-bond donors (Lipinski definition) is 0. The minimum Gasteiger partial charge on any atom is -0.494 e. The summed E-state index contributed by atoms with van der Waals surface area (Å²) in [6, 6.07) is 15.2. The minimum atomic E-state index is 0.596. The number of rotatable bonds is 6. The summed E-state index contributed by atoms with van der Waals surface area (Å²) in [7, 11) is 0. The Morgan fingerprint density at radius 1 is 0.737 bits per heavy atom. The Kier molecular flexibility index (Phi) is 4.67. The number of para-hydroxylation sites is 1. The molecule has 0 saturated heterocycles. The fourth-order valence-electron chi connectivity index (χ4n) is 1.71. The zero-order valence-electron chi connectivity index (χ0n) is 11.3. The molecule has 0 radical (unpaired) electrons. The van der Waals surface area contributed by atoms with Crippen LogP contribution in [-0.4, -0.2) is 13.2 Å². The summed E-state index contributed by atoms with van der Waals surface area (Å²) in [4.78, 5) is 0. The molecule has 100 valence electrons. The van der Waals surface area contributed by atoms with Crippen molar-refractivity contribution >= 4 is 0 Å². The van der Waals surface area contributed by atoms with Crippen molar-refractivity contribution < 1.29 is 14.2 Å². The third kappa shape index (κ3) is 3.65. The Morgan fingerprint density at radius 3 is 2.16 bits per heavy atom. The van der Waals surface area contributed by atoms with Gasteiger partial charge in [0, 0.05) is 6.07 Å². The number of ether oxygens (including phenoxy) is 3. The van der Waals surface area contributed by atoms with Gasteiger partial charge in [-0.1, -0.05) is 18.2 Å². The molecule has 0 atom stereocenters. The molecular weight excluding hydrogens is 240 g/mol. The Balaban J connectivity index is 2.26. The summed E-state index contributed by atoms with van der Waals surface area (Å²) in [5, 5.41) is 0. The van der Waals surface area contributed by atoms with Gasteiger partial charge < -0.3 is 14.2 Å². The molecule has 3 nitrogen and oxygen atoms in total. The average molecular weight is 258 g/mol. The third-order valence-corrected chi connectivity index (χ3v) is 2.50. The van der Waals surface area contributed by atoms with Crippen LogP contribution in [0.1, 0.15) is 13.8 Å². The van der Waals surface area contributed by atoms with Crippen LogP contribution in [-0.2, 0) is 0 Å². The Labute approximate surface area is 113 Å². The van der Waals surface area contributed by atoms with Crippen LogP contribution in [0.4, 0.5) is 0 Å². The van der Waals surface area contributed by atoms with E-state index in [0.29, 0.717) is 19.0 Å². The summed E-state index contributed by atoms with van der Waals surface area (Å²) in [5.74, 6) is 2.93. The van der Waals surface area contributed by atoms with E-state index in [1.54, 1.807) is 0 Å². The molecule has 0 aromatic heterocycles. The van der Waals surface area contributed by atoms with E-state index in [4.69, 9.17) is 14.2 Å². The first kappa shape index (κ1) is 13.3. The summed E-state index contributed by atoms with van der Waals surface area (Å²) in [6.07, 6.45) is 0. The maximum absolute atomic E-state index is 5.84. The third-order valence-electron chi connectivity index (χ3n) is 2.50. The van der Waals surface area contributed by atoms with Crippen LogP contribution in [0.2, 0.25) is 0 Å². The molecule has 2 rings (SSSR count). The molecule has 0 unspecified atom stereocenters. The molecule has 0 heterocycles. The van der Waals surface area contributed by atoms with E-state index in [1.807, 2.05) is 62.4 Å². The fourth-order valence-corrected chi connectivity index (χ4v) is 1.71. The van der Waals surface area contributed by atoms with Crippen LogP contribution in [0.5, 0.6) is 23.0 Å². The van der Waals surface area contributed by atoms with Gasteiger partial charge in [0.05, 0.1) is 13.2 Å². The smallest absolute Gasteiger partial charge is 0.172 e. The zero-order chi connectivity index (χ0) is 13.5. The summed E-state index contributed by atoms with van der Waals surface area (Å²) in [6.45, 7) is 5.12. The van der Waals surface area contributed by atoms with Crippen molar-refractivity contribution in [3.05, 3.63) is 48.5 Å². The summed E-state index contributed by atoms with van der Waals surface area (Å²) < 4.78 is 16.9. The first-order valence-corrected chi connectivity index (χ1v) is 6.46. The Hall–Kier alpha value is -2.16. The molecule has 3 heteroatoms. The minimum absolute atomic E-state index is 0.596. The van der Waals surface area contributed by atoms with Gasteiger partial charge in [0.25, 0.3) is 0 Å². The van der Waals surface area contributed by atoms with E-state index in [2.05, 4.69) is 0 Å². The number of hydrogen-bond acceptors (Lipinski definition) is 3. The molecule has 0 aliphatic rings. The quantitative estimate of drug-likeness (QED) is 0.774. The average Bonchev–Trinajstić information content (AvgIpc) is 2.43. The molecule has 0 fully saturated rings. The molecule has 0 amide bonds. The SMILES string of the molecule is CCOc1ccc(OCC)c(Oc2ccccc2)c1. The van der Waals surface area contributed by atoms with Gasteiger partial charge >= 0.3 is 0 Å². The van der Waals surface area contributed by atoms with Crippen LogP contribution in [0.3, 0.4) is 0 Å². The predicted molar refractivity (Wildman–Crippen MR) is 75.3 cm³/mol. The van der Waals surface area contributed by atoms with Gasteiger partial charge in [-0.25, -0.2) is 0 Å². The largest absolute Gasteiger partial charge is 0.494 e. The predicted octanol–water partition coefficient (Wildman–Crippen LogP) is 4.28. The van der Waals surface area contributed by atoms with Crippen molar-refractivity contribution in [2.75, 3.05) is 13.2 Å². The van der Waals surface area contributed by atoms with Crippen LogP contribution < -0.4 is 14.2 Å². The van der Waals surface area contributed by atoms with Crippen molar-refractivity contribution in [1.29, 1.82) is 0 Å². The van der Waals surface area contributed by atoms with E-state index < -0.39 is 0 Å². The van der Waals surface area contributed by atoms with Crippen LogP contribution in [0.15, 0.2) is 48.5 Å². The monoisotopic (exact) mass is 258 g/mol. The zero-order valence-corrected chi connectivity index (χ0v) is 11.3. The standard InChI is InChI=1S/C16H18O3/c1-3-17-14-10-11-15(18-4-2)16(12-14)19-13-8-6-5-7-9-13/h5-12H,3-4H2,1-2H3. The van der Waals surface area contributed by atoms with Crippen LogP contribution in [0, 0.1) is 0 Å². The first-order valence-electron chi connectivity index (χ1n) is 6.46. The molecule has 0 aliphatic heterocycles. The second kappa shape index (κ2) is 6.69. The van der Waals surface area contributed by atoms with Crippen molar-refractivity contribution in [3.63, 3.8) is 0 Å². The molecule has 0 aliphatic carbocycles. The highest BCUT2D eigenvalue weighted by atomic mass is 16.5.